The highest BCUT2D eigenvalue weighted by molar-refractivity contribution is 5.98. The van der Waals surface area contributed by atoms with E-state index in [0.717, 1.165) is 12.8 Å². The number of benzene rings is 2. The highest BCUT2D eigenvalue weighted by atomic mass is 16.5. The van der Waals surface area contributed by atoms with Crippen LogP contribution in [0.3, 0.4) is 0 Å². The summed E-state index contributed by atoms with van der Waals surface area (Å²) in [6.45, 7) is 3.22. The predicted molar refractivity (Wildman–Crippen MR) is 119 cm³/mol. The topological polar surface area (TPSA) is 103 Å². The molecular formula is C24H26N2O6. The second-order valence-electron chi connectivity index (χ2n) is 7.32. The van der Waals surface area contributed by atoms with Crippen LogP contribution in [0, 0.1) is 0 Å². The summed E-state index contributed by atoms with van der Waals surface area (Å²) in [6, 6.07) is 9.93. The zero-order chi connectivity index (χ0) is 23.1. The smallest absolute Gasteiger partial charge is 0.338 e. The van der Waals surface area contributed by atoms with E-state index in [9.17, 15) is 14.4 Å². The molecule has 1 aliphatic carbocycles. The number of carbonyl (C=O) groups is 3. The molecule has 168 valence electrons. The van der Waals surface area contributed by atoms with Crippen LogP contribution in [-0.2, 0) is 16.0 Å². The fourth-order valence-electron chi connectivity index (χ4n) is 3.11. The lowest BCUT2D eigenvalue weighted by Crippen LogP contribution is -2.25. The Morgan fingerprint density at radius 2 is 1.88 bits per heavy atom. The largest absolute Gasteiger partial charge is 0.493 e. The summed E-state index contributed by atoms with van der Waals surface area (Å²) in [4.78, 5) is 36.9. The van der Waals surface area contributed by atoms with Crippen LogP contribution in [0.1, 0.15) is 39.1 Å². The number of rotatable bonds is 10. The molecule has 0 bridgehead atoms. The van der Waals surface area contributed by atoms with Crippen LogP contribution in [-0.4, -0.2) is 44.7 Å². The number of allylic oxidation sites excluding steroid dienone is 1. The zero-order valence-corrected chi connectivity index (χ0v) is 18.1. The third kappa shape index (κ3) is 5.87. The molecule has 0 atom stereocenters. The minimum atomic E-state index is -0.677. The van der Waals surface area contributed by atoms with Crippen molar-refractivity contribution in [3.05, 3.63) is 65.7 Å². The van der Waals surface area contributed by atoms with Gasteiger partial charge in [0.15, 0.2) is 18.1 Å². The minimum absolute atomic E-state index is 0.182. The molecule has 1 saturated carbocycles. The average molecular weight is 438 g/mol. The lowest BCUT2D eigenvalue weighted by atomic mass is 10.1. The predicted octanol–water partition coefficient (Wildman–Crippen LogP) is 3.12. The maximum absolute atomic E-state index is 12.5. The van der Waals surface area contributed by atoms with Gasteiger partial charge in [0.2, 0.25) is 0 Å². The maximum atomic E-state index is 12.5. The Bertz CT molecular complexity index is 1030. The number of hydrogen-bond acceptors (Lipinski definition) is 6. The van der Waals surface area contributed by atoms with E-state index in [-0.39, 0.29) is 17.5 Å². The molecule has 0 radical (unpaired) electrons. The molecule has 2 aromatic rings. The van der Waals surface area contributed by atoms with Gasteiger partial charge in [-0.15, -0.1) is 6.58 Å². The summed E-state index contributed by atoms with van der Waals surface area (Å²) < 4.78 is 15.8. The molecule has 0 heterocycles. The van der Waals surface area contributed by atoms with Crippen LogP contribution in [0.4, 0.5) is 5.69 Å². The summed E-state index contributed by atoms with van der Waals surface area (Å²) in [6.07, 6.45) is 4.12. The van der Waals surface area contributed by atoms with Gasteiger partial charge in [-0.2, -0.15) is 0 Å². The molecule has 2 N–H and O–H groups in total. The van der Waals surface area contributed by atoms with Crippen molar-refractivity contribution in [1.82, 2.24) is 5.32 Å². The molecule has 8 heteroatoms. The van der Waals surface area contributed by atoms with Crippen molar-refractivity contribution in [3.63, 3.8) is 0 Å². The second kappa shape index (κ2) is 10.5. The van der Waals surface area contributed by atoms with Gasteiger partial charge in [0, 0.05) is 22.9 Å². The van der Waals surface area contributed by atoms with E-state index in [0.29, 0.717) is 34.7 Å². The van der Waals surface area contributed by atoms with Crippen molar-refractivity contribution in [3.8, 4) is 11.5 Å². The van der Waals surface area contributed by atoms with Gasteiger partial charge >= 0.3 is 5.97 Å². The van der Waals surface area contributed by atoms with Crippen LogP contribution < -0.4 is 20.1 Å². The lowest BCUT2D eigenvalue weighted by Gasteiger charge is -2.14. The van der Waals surface area contributed by atoms with E-state index in [2.05, 4.69) is 17.2 Å². The first kappa shape index (κ1) is 22.9. The minimum Gasteiger partial charge on any atom is -0.493 e. The number of amides is 2. The van der Waals surface area contributed by atoms with Crippen LogP contribution in [0.2, 0.25) is 0 Å². The van der Waals surface area contributed by atoms with Gasteiger partial charge in [-0.25, -0.2) is 4.79 Å². The van der Waals surface area contributed by atoms with Gasteiger partial charge in [-0.05, 0) is 49.6 Å². The maximum Gasteiger partial charge on any atom is 0.338 e. The number of ether oxygens (including phenoxy) is 3. The molecule has 0 aliphatic heterocycles. The van der Waals surface area contributed by atoms with Crippen LogP contribution >= 0.6 is 0 Å². The Balaban J connectivity index is 1.61. The number of carbonyl (C=O) groups excluding carboxylic acids is 3. The average Bonchev–Trinajstić information content (AvgIpc) is 3.61. The van der Waals surface area contributed by atoms with Gasteiger partial charge < -0.3 is 24.8 Å². The van der Waals surface area contributed by atoms with Gasteiger partial charge in [-0.1, -0.05) is 12.1 Å². The van der Waals surface area contributed by atoms with Crippen molar-refractivity contribution in [2.75, 3.05) is 26.1 Å². The summed E-state index contributed by atoms with van der Waals surface area (Å²) >= 11 is 0. The molecule has 2 aromatic carbocycles. The van der Waals surface area contributed by atoms with E-state index < -0.39 is 18.5 Å². The van der Waals surface area contributed by atoms with Gasteiger partial charge in [0.05, 0.1) is 19.8 Å². The van der Waals surface area contributed by atoms with Crippen molar-refractivity contribution in [2.24, 2.45) is 0 Å². The summed E-state index contributed by atoms with van der Waals surface area (Å²) in [5.41, 5.74) is 1.83. The Kier molecular flexibility index (Phi) is 7.49. The van der Waals surface area contributed by atoms with E-state index in [4.69, 9.17) is 14.2 Å². The van der Waals surface area contributed by atoms with Crippen LogP contribution in [0.5, 0.6) is 11.5 Å². The van der Waals surface area contributed by atoms with E-state index in [1.165, 1.54) is 20.3 Å². The first-order valence-corrected chi connectivity index (χ1v) is 10.2. The molecule has 0 unspecified atom stereocenters. The zero-order valence-electron chi connectivity index (χ0n) is 18.1. The number of esters is 1. The van der Waals surface area contributed by atoms with Crippen LogP contribution in [0.15, 0.2) is 49.1 Å². The molecule has 2 amide bonds. The monoisotopic (exact) mass is 438 g/mol. The third-order valence-corrected chi connectivity index (χ3v) is 4.81. The Morgan fingerprint density at radius 3 is 2.53 bits per heavy atom. The first-order valence-electron chi connectivity index (χ1n) is 10.2. The third-order valence-electron chi connectivity index (χ3n) is 4.81. The Hall–Kier alpha value is -3.81. The van der Waals surface area contributed by atoms with Gasteiger partial charge in [0.25, 0.3) is 11.8 Å². The first-order chi connectivity index (χ1) is 15.4. The second-order valence-corrected chi connectivity index (χ2v) is 7.32. The highest BCUT2D eigenvalue weighted by Crippen LogP contribution is 2.33. The fraction of sp³-hybridized carbons (Fsp3) is 0.292. The van der Waals surface area contributed by atoms with E-state index in [1.54, 1.807) is 36.4 Å². The van der Waals surface area contributed by atoms with E-state index >= 15 is 0 Å². The van der Waals surface area contributed by atoms with Gasteiger partial charge in [0.1, 0.15) is 0 Å². The summed E-state index contributed by atoms with van der Waals surface area (Å²) in [5, 5.41) is 5.52. The van der Waals surface area contributed by atoms with Gasteiger partial charge in [-0.3, -0.25) is 9.59 Å². The Morgan fingerprint density at radius 1 is 1.09 bits per heavy atom. The fourth-order valence-corrected chi connectivity index (χ4v) is 3.11. The summed E-state index contributed by atoms with van der Waals surface area (Å²) in [5.74, 6) is -0.496. The molecule has 1 fully saturated rings. The molecule has 0 spiro atoms. The summed E-state index contributed by atoms with van der Waals surface area (Å²) in [7, 11) is 2.98. The van der Waals surface area contributed by atoms with Crippen molar-refractivity contribution < 1.29 is 28.6 Å². The van der Waals surface area contributed by atoms with Crippen LogP contribution in [0.25, 0.3) is 0 Å². The number of methoxy groups -OCH3 is 2. The molecule has 1 aliphatic rings. The normalized spacial score (nSPS) is 12.4. The molecule has 8 nitrogen and oxygen atoms in total. The molecule has 32 heavy (non-hydrogen) atoms. The molecule has 3 rings (SSSR count). The highest BCUT2D eigenvalue weighted by Gasteiger charge is 2.24. The number of nitrogens with one attached hydrogen (secondary N) is 2. The van der Waals surface area contributed by atoms with Crippen molar-refractivity contribution in [2.45, 2.75) is 25.3 Å². The van der Waals surface area contributed by atoms with E-state index in [1.807, 2.05) is 0 Å². The Labute approximate surface area is 186 Å². The molecular weight excluding hydrogens is 412 g/mol. The lowest BCUT2D eigenvalue weighted by molar-refractivity contribution is -0.119. The SMILES string of the molecule is C=CCc1cc(C(=O)OCC(=O)Nc2cccc(C(=O)NC3CC3)c2)cc(OC)c1OC. The van der Waals surface area contributed by atoms with Crippen molar-refractivity contribution >= 4 is 23.5 Å². The standard InChI is InChI=1S/C24H26N2O6/c1-4-6-15-11-17(13-20(30-2)22(15)31-3)24(29)32-14-21(27)25-19-8-5-7-16(12-19)23(28)26-18-9-10-18/h4-5,7-8,11-13,18H,1,6,9-10,14H2,2-3H3,(H,25,27)(H,26,28). The molecule has 0 saturated heterocycles. The van der Waals surface area contributed by atoms with Crippen molar-refractivity contribution in [1.29, 1.82) is 0 Å². The quantitative estimate of drug-likeness (QED) is 0.436. The number of anilines is 1. The molecule has 0 aromatic heterocycles. The number of hydrogen-bond donors (Lipinski definition) is 2.